The van der Waals surface area contributed by atoms with Crippen LogP contribution in [0.3, 0.4) is 0 Å². The van der Waals surface area contributed by atoms with E-state index in [9.17, 15) is 9.59 Å². The van der Waals surface area contributed by atoms with Gasteiger partial charge in [-0.25, -0.2) is 4.79 Å². The van der Waals surface area contributed by atoms with Gasteiger partial charge >= 0.3 is 5.97 Å². The summed E-state index contributed by atoms with van der Waals surface area (Å²) in [4.78, 5) is 25.3. The van der Waals surface area contributed by atoms with Crippen molar-refractivity contribution in [1.29, 1.82) is 0 Å². The van der Waals surface area contributed by atoms with Gasteiger partial charge in [-0.3, -0.25) is 4.79 Å². The molecule has 0 bridgehead atoms. The fourth-order valence-corrected chi connectivity index (χ4v) is 4.75. The van der Waals surface area contributed by atoms with E-state index in [1.165, 1.54) is 16.9 Å². The van der Waals surface area contributed by atoms with E-state index in [4.69, 9.17) is 9.47 Å². The third-order valence-corrected chi connectivity index (χ3v) is 6.70. The van der Waals surface area contributed by atoms with Crippen LogP contribution in [-0.2, 0) is 9.53 Å². The number of anilines is 1. The molecule has 0 spiro atoms. The summed E-state index contributed by atoms with van der Waals surface area (Å²) in [5, 5.41) is 5.07. The zero-order chi connectivity index (χ0) is 23.3. The monoisotopic (exact) mass is 579 g/mol. The van der Waals surface area contributed by atoms with Crippen LogP contribution in [0.15, 0.2) is 56.8 Å². The van der Waals surface area contributed by atoms with Gasteiger partial charge in [0.2, 0.25) is 0 Å². The maximum absolute atomic E-state index is 12.7. The number of ether oxygens (including phenoxy) is 2. The molecule has 3 aromatic rings. The molecule has 8 heteroatoms. The first-order valence-corrected chi connectivity index (χ1v) is 12.5. The molecular weight excluding hydrogens is 558 g/mol. The second-order valence-electron chi connectivity index (χ2n) is 7.26. The normalized spacial score (nSPS) is 10.8. The molecule has 1 aromatic heterocycles. The molecule has 0 saturated carbocycles. The van der Waals surface area contributed by atoms with E-state index in [1.807, 2.05) is 47.8 Å². The van der Waals surface area contributed by atoms with Gasteiger partial charge < -0.3 is 14.8 Å². The third kappa shape index (κ3) is 5.99. The molecule has 1 heterocycles. The smallest absolute Gasteiger partial charge is 0.341 e. The lowest BCUT2D eigenvalue weighted by atomic mass is 10.0. The van der Waals surface area contributed by atoms with Crippen LogP contribution in [0.2, 0.25) is 0 Å². The zero-order valence-electron chi connectivity index (χ0n) is 17.9. The van der Waals surface area contributed by atoms with Crippen LogP contribution in [0.1, 0.15) is 42.6 Å². The van der Waals surface area contributed by atoms with Crippen LogP contribution < -0.4 is 10.1 Å². The van der Waals surface area contributed by atoms with Crippen LogP contribution in [0.25, 0.3) is 11.1 Å². The van der Waals surface area contributed by atoms with Gasteiger partial charge in [-0.2, -0.15) is 0 Å². The number of amides is 1. The van der Waals surface area contributed by atoms with E-state index < -0.39 is 5.97 Å². The first-order chi connectivity index (χ1) is 15.3. The largest absolute Gasteiger partial charge is 0.483 e. The minimum Gasteiger partial charge on any atom is -0.483 e. The molecular formula is C24H23Br2NO4S. The summed E-state index contributed by atoms with van der Waals surface area (Å²) in [7, 11) is 0. The lowest BCUT2D eigenvalue weighted by Crippen LogP contribution is -2.21. The molecule has 0 aliphatic carbocycles. The average Bonchev–Trinajstić information content (AvgIpc) is 3.17. The molecule has 2 aromatic carbocycles. The minimum atomic E-state index is -0.477. The molecule has 0 aliphatic heterocycles. The summed E-state index contributed by atoms with van der Waals surface area (Å²) in [5.74, 6) is 0.134. The standard InChI is InChI=1S/C24H23Br2NO4S/c1-4-30-24(29)22-18(15-5-8-17(25)9-6-15)13-32-23(22)27-21(28)12-31-20-10-7-16(14(2)3)11-19(20)26/h5-11,13-14H,4,12H2,1-3H3,(H,27,28). The molecule has 32 heavy (non-hydrogen) atoms. The van der Waals surface area contributed by atoms with Crippen molar-refractivity contribution >= 4 is 60.1 Å². The number of halogens is 2. The quantitative estimate of drug-likeness (QED) is 0.285. The number of carbonyl (C=O) groups excluding carboxylic acids is 2. The Kier molecular flexibility index (Phi) is 8.51. The number of nitrogens with one attached hydrogen (secondary N) is 1. The molecule has 0 atom stereocenters. The van der Waals surface area contributed by atoms with Gasteiger partial charge in [-0.1, -0.05) is 48.0 Å². The second-order valence-corrected chi connectivity index (χ2v) is 9.91. The predicted octanol–water partition coefficient (Wildman–Crippen LogP) is 7.26. The van der Waals surface area contributed by atoms with Gasteiger partial charge in [0.1, 0.15) is 16.3 Å². The number of benzene rings is 2. The maximum atomic E-state index is 12.7. The summed E-state index contributed by atoms with van der Waals surface area (Å²) in [6.07, 6.45) is 0. The van der Waals surface area contributed by atoms with E-state index >= 15 is 0 Å². The molecule has 1 N–H and O–H groups in total. The van der Waals surface area contributed by atoms with Crippen LogP contribution in [0.5, 0.6) is 5.75 Å². The molecule has 0 fully saturated rings. The Morgan fingerprint density at radius 3 is 2.44 bits per heavy atom. The van der Waals surface area contributed by atoms with E-state index in [-0.39, 0.29) is 19.1 Å². The van der Waals surface area contributed by atoms with Gasteiger partial charge in [0, 0.05) is 15.4 Å². The number of hydrogen-bond donors (Lipinski definition) is 1. The minimum absolute atomic E-state index is 0.187. The van der Waals surface area contributed by atoms with E-state index in [2.05, 4.69) is 51.0 Å². The van der Waals surface area contributed by atoms with Crippen molar-refractivity contribution in [3.05, 3.63) is 67.9 Å². The molecule has 0 radical (unpaired) electrons. The van der Waals surface area contributed by atoms with Gasteiger partial charge in [0.05, 0.1) is 11.1 Å². The SMILES string of the molecule is CCOC(=O)c1c(-c2ccc(Br)cc2)csc1NC(=O)COc1ccc(C(C)C)cc1Br. The number of thiophene rings is 1. The summed E-state index contributed by atoms with van der Waals surface area (Å²) < 4.78 is 12.6. The highest BCUT2D eigenvalue weighted by molar-refractivity contribution is 9.10. The lowest BCUT2D eigenvalue weighted by Gasteiger charge is -2.12. The van der Waals surface area contributed by atoms with Crippen molar-refractivity contribution in [2.45, 2.75) is 26.7 Å². The van der Waals surface area contributed by atoms with Crippen molar-refractivity contribution in [2.75, 3.05) is 18.5 Å². The van der Waals surface area contributed by atoms with E-state index in [0.717, 1.165) is 14.5 Å². The molecule has 1 amide bonds. The Morgan fingerprint density at radius 1 is 1.09 bits per heavy atom. The van der Waals surface area contributed by atoms with Crippen molar-refractivity contribution in [3.8, 4) is 16.9 Å². The van der Waals surface area contributed by atoms with Gasteiger partial charge in [0.25, 0.3) is 5.91 Å². The van der Waals surface area contributed by atoms with Crippen molar-refractivity contribution in [1.82, 2.24) is 0 Å². The average molecular weight is 581 g/mol. The molecule has 5 nitrogen and oxygen atoms in total. The Morgan fingerprint density at radius 2 is 1.81 bits per heavy atom. The Bertz CT molecular complexity index is 1110. The summed E-state index contributed by atoms with van der Waals surface area (Å²) in [6, 6.07) is 13.4. The Labute approximate surface area is 208 Å². The number of esters is 1. The first kappa shape index (κ1) is 24.5. The Balaban J connectivity index is 1.77. The number of carbonyl (C=O) groups is 2. The van der Waals surface area contributed by atoms with Gasteiger partial charge in [-0.15, -0.1) is 11.3 Å². The summed E-state index contributed by atoms with van der Waals surface area (Å²) in [5.41, 5.74) is 3.09. The fourth-order valence-electron chi connectivity index (χ4n) is 3.00. The first-order valence-electron chi connectivity index (χ1n) is 10.1. The van der Waals surface area contributed by atoms with Crippen LogP contribution in [0, 0.1) is 0 Å². The highest BCUT2D eigenvalue weighted by Crippen LogP contribution is 2.37. The fraction of sp³-hybridized carbons (Fsp3) is 0.250. The number of rotatable bonds is 8. The highest BCUT2D eigenvalue weighted by Gasteiger charge is 2.23. The number of hydrogen-bond acceptors (Lipinski definition) is 5. The van der Waals surface area contributed by atoms with Crippen LogP contribution in [0.4, 0.5) is 5.00 Å². The van der Waals surface area contributed by atoms with Crippen molar-refractivity contribution in [3.63, 3.8) is 0 Å². The van der Waals surface area contributed by atoms with Gasteiger partial charge in [-0.05, 0) is 64.2 Å². The van der Waals surface area contributed by atoms with Crippen LogP contribution in [-0.4, -0.2) is 25.1 Å². The molecule has 3 rings (SSSR count). The Hall–Kier alpha value is -2.16. The van der Waals surface area contributed by atoms with Crippen LogP contribution >= 0.6 is 43.2 Å². The second kappa shape index (κ2) is 11.1. The molecule has 168 valence electrons. The highest BCUT2D eigenvalue weighted by atomic mass is 79.9. The zero-order valence-corrected chi connectivity index (χ0v) is 21.9. The lowest BCUT2D eigenvalue weighted by molar-refractivity contribution is -0.118. The van der Waals surface area contributed by atoms with Crippen molar-refractivity contribution < 1.29 is 19.1 Å². The molecule has 0 saturated heterocycles. The molecule has 0 aliphatic rings. The predicted molar refractivity (Wildman–Crippen MR) is 136 cm³/mol. The van der Waals surface area contributed by atoms with E-state index in [0.29, 0.717) is 27.8 Å². The van der Waals surface area contributed by atoms with Crippen molar-refractivity contribution in [2.24, 2.45) is 0 Å². The summed E-state index contributed by atoms with van der Waals surface area (Å²) >= 11 is 8.19. The molecule has 0 unspecified atom stereocenters. The third-order valence-electron chi connectivity index (χ3n) is 4.66. The van der Waals surface area contributed by atoms with E-state index in [1.54, 1.807) is 6.92 Å². The van der Waals surface area contributed by atoms with Gasteiger partial charge in [0.15, 0.2) is 6.61 Å². The summed E-state index contributed by atoms with van der Waals surface area (Å²) in [6.45, 7) is 6.03. The topological polar surface area (TPSA) is 64.6 Å². The maximum Gasteiger partial charge on any atom is 0.341 e.